The third-order valence-electron chi connectivity index (χ3n) is 3.58. The van der Waals surface area contributed by atoms with Crippen molar-refractivity contribution in [1.29, 1.82) is 0 Å². The Morgan fingerprint density at radius 3 is 1.58 bits per heavy atom. The minimum absolute atomic E-state index is 0.0307. The predicted octanol–water partition coefficient (Wildman–Crippen LogP) is 5.75. The summed E-state index contributed by atoms with van der Waals surface area (Å²) in [5, 5.41) is 0. The van der Waals surface area contributed by atoms with Gasteiger partial charge in [-0.05, 0) is 67.6 Å². The van der Waals surface area contributed by atoms with E-state index in [1.807, 2.05) is 54.2 Å². The molecule has 0 spiro atoms. The average Bonchev–Trinajstić information content (AvgIpc) is 2.64. The number of ketones is 1. The zero-order valence-electron chi connectivity index (χ0n) is 13.0. The topological polar surface area (TPSA) is 35.5 Å². The van der Waals surface area contributed by atoms with E-state index in [0.29, 0.717) is 22.6 Å². The Labute approximate surface area is 154 Å². The number of aryl methyl sites for hydroxylation is 1. The number of benzene rings is 3. The lowest BCUT2D eigenvalue weighted by Gasteiger charge is -2.07. The van der Waals surface area contributed by atoms with Gasteiger partial charge in [0.15, 0.2) is 28.8 Å². The Balaban J connectivity index is 1.73. The number of halogens is 1. The van der Waals surface area contributed by atoms with Crippen LogP contribution in [0.5, 0.6) is 17.2 Å². The minimum atomic E-state index is -0.0307. The average molecular weight is 430 g/mol. The van der Waals surface area contributed by atoms with Crippen molar-refractivity contribution in [3.63, 3.8) is 0 Å². The van der Waals surface area contributed by atoms with Gasteiger partial charge >= 0.3 is 0 Å². The number of carbonyl (C=O) groups is 1. The van der Waals surface area contributed by atoms with Crippen LogP contribution in [0, 0.1) is 6.92 Å². The summed E-state index contributed by atoms with van der Waals surface area (Å²) in [4.78, 5) is 12.5. The van der Waals surface area contributed by atoms with E-state index in [4.69, 9.17) is 7.80 Å². The van der Waals surface area contributed by atoms with Gasteiger partial charge in [-0.1, -0.05) is 17.7 Å². The van der Waals surface area contributed by atoms with Crippen LogP contribution in [-0.2, 0) is 0 Å². The molecule has 0 aliphatic rings. The Kier molecular flexibility index (Phi) is 5.15. The molecule has 120 valence electrons. The normalized spacial score (nSPS) is 10.2. The highest BCUT2D eigenvalue weighted by Crippen LogP contribution is 2.23. The molecule has 0 radical (unpaired) electrons. The lowest BCUT2D eigenvalue weighted by Crippen LogP contribution is -2.00. The molecule has 0 saturated carbocycles. The summed E-state index contributed by atoms with van der Waals surface area (Å²) in [6.45, 7) is 2.03. The Bertz CT molecular complexity index is 822. The number of ether oxygens (including phenoxy) is 1. The number of hydrogen-bond acceptors (Lipinski definition) is 3. The van der Waals surface area contributed by atoms with Gasteiger partial charge in [-0.15, -0.1) is 0 Å². The summed E-state index contributed by atoms with van der Waals surface area (Å²) in [7, 11) is 0. The van der Waals surface area contributed by atoms with Gasteiger partial charge in [0.25, 0.3) is 0 Å². The molecule has 0 atom stereocenters. The molecular formula is C20H15IO3. The van der Waals surface area contributed by atoms with Crippen LogP contribution < -0.4 is 7.80 Å². The maximum Gasteiger partial charge on any atom is 0.193 e. The number of hydrogen-bond donors (Lipinski definition) is 0. The molecule has 0 bridgehead atoms. The fraction of sp³-hybridized carbons (Fsp3) is 0.0500. The van der Waals surface area contributed by atoms with Gasteiger partial charge in [-0.25, -0.2) is 0 Å². The van der Waals surface area contributed by atoms with Crippen molar-refractivity contribution >= 4 is 28.8 Å². The van der Waals surface area contributed by atoms with Crippen LogP contribution >= 0.6 is 23.0 Å². The van der Waals surface area contributed by atoms with Gasteiger partial charge in [-0.3, -0.25) is 4.79 Å². The molecule has 24 heavy (non-hydrogen) atoms. The van der Waals surface area contributed by atoms with Gasteiger partial charge in [0, 0.05) is 11.1 Å². The number of rotatable bonds is 5. The van der Waals surface area contributed by atoms with Crippen LogP contribution in [0.4, 0.5) is 0 Å². The van der Waals surface area contributed by atoms with E-state index in [1.54, 1.807) is 48.5 Å². The summed E-state index contributed by atoms with van der Waals surface area (Å²) in [6.07, 6.45) is 0. The van der Waals surface area contributed by atoms with Crippen LogP contribution in [0.25, 0.3) is 0 Å². The predicted molar refractivity (Wildman–Crippen MR) is 102 cm³/mol. The molecule has 4 heteroatoms. The lowest BCUT2D eigenvalue weighted by molar-refractivity contribution is 0.103. The molecule has 0 fully saturated rings. The first kappa shape index (κ1) is 16.5. The highest BCUT2D eigenvalue weighted by atomic mass is 127. The quantitative estimate of drug-likeness (QED) is 0.382. The van der Waals surface area contributed by atoms with Gasteiger partial charge in [0.1, 0.15) is 17.2 Å². The second kappa shape index (κ2) is 7.49. The molecule has 3 nitrogen and oxygen atoms in total. The second-order valence-corrected chi connectivity index (χ2v) is 5.81. The SMILES string of the molecule is Cc1ccc(Oc2ccc(C(=O)c3ccc(OI)cc3)cc2)cc1. The summed E-state index contributed by atoms with van der Waals surface area (Å²) < 4.78 is 10.9. The minimum Gasteiger partial charge on any atom is -0.457 e. The molecule has 0 N–H and O–H groups in total. The Morgan fingerprint density at radius 1 is 0.708 bits per heavy atom. The maximum absolute atomic E-state index is 12.5. The van der Waals surface area contributed by atoms with Crippen molar-refractivity contribution in [1.82, 2.24) is 0 Å². The Hall–Kier alpha value is -2.34. The van der Waals surface area contributed by atoms with Crippen LogP contribution in [-0.4, -0.2) is 5.78 Å². The molecule has 3 aromatic rings. The zero-order chi connectivity index (χ0) is 16.9. The van der Waals surface area contributed by atoms with Crippen molar-refractivity contribution in [2.45, 2.75) is 6.92 Å². The van der Waals surface area contributed by atoms with Gasteiger partial charge < -0.3 is 7.80 Å². The third kappa shape index (κ3) is 3.94. The summed E-state index contributed by atoms with van der Waals surface area (Å²) in [5.74, 6) is 2.16. The molecule has 0 unspecified atom stereocenters. The van der Waals surface area contributed by atoms with Crippen LogP contribution in [0.15, 0.2) is 72.8 Å². The monoisotopic (exact) mass is 430 g/mol. The zero-order valence-corrected chi connectivity index (χ0v) is 15.2. The van der Waals surface area contributed by atoms with E-state index in [-0.39, 0.29) is 5.78 Å². The molecular weight excluding hydrogens is 415 g/mol. The molecule has 0 saturated heterocycles. The van der Waals surface area contributed by atoms with E-state index in [9.17, 15) is 4.79 Å². The largest absolute Gasteiger partial charge is 0.457 e. The summed E-state index contributed by atoms with van der Waals surface area (Å²) in [6, 6.07) is 22.0. The highest BCUT2D eigenvalue weighted by molar-refractivity contribution is 14.1. The molecule has 0 heterocycles. The first-order chi connectivity index (χ1) is 11.7. The second-order valence-electron chi connectivity index (χ2n) is 5.37. The van der Waals surface area contributed by atoms with Crippen molar-refractivity contribution < 1.29 is 12.6 Å². The maximum atomic E-state index is 12.5. The fourth-order valence-electron chi connectivity index (χ4n) is 2.24. The van der Waals surface area contributed by atoms with Crippen LogP contribution in [0.2, 0.25) is 0 Å². The highest BCUT2D eigenvalue weighted by Gasteiger charge is 2.09. The van der Waals surface area contributed by atoms with Crippen molar-refractivity contribution in [3.05, 3.63) is 89.5 Å². The summed E-state index contributed by atoms with van der Waals surface area (Å²) >= 11 is 1.81. The van der Waals surface area contributed by atoms with Gasteiger partial charge in [0.2, 0.25) is 0 Å². The molecule has 0 amide bonds. The van der Waals surface area contributed by atoms with E-state index in [2.05, 4.69) is 0 Å². The molecule has 3 rings (SSSR count). The summed E-state index contributed by atoms with van der Waals surface area (Å²) in [5.41, 5.74) is 2.43. The van der Waals surface area contributed by atoms with Gasteiger partial charge in [-0.2, -0.15) is 0 Å². The number of carbonyl (C=O) groups excluding carboxylic acids is 1. The first-order valence-corrected chi connectivity index (χ1v) is 8.32. The Morgan fingerprint density at radius 2 is 1.12 bits per heavy atom. The van der Waals surface area contributed by atoms with Crippen molar-refractivity contribution in [2.75, 3.05) is 0 Å². The van der Waals surface area contributed by atoms with E-state index < -0.39 is 0 Å². The standard InChI is InChI=1S/C20H15IO3/c1-14-2-8-17(9-3-14)23-18-10-4-15(5-11-18)20(22)16-6-12-19(24-21)13-7-16/h2-13H,1H3. The van der Waals surface area contributed by atoms with Crippen molar-refractivity contribution in [3.8, 4) is 17.2 Å². The smallest absolute Gasteiger partial charge is 0.193 e. The van der Waals surface area contributed by atoms with E-state index >= 15 is 0 Å². The first-order valence-electron chi connectivity index (χ1n) is 7.43. The molecule has 3 aromatic carbocycles. The van der Waals surface area contributed by atoms with Gasteiger partial charge in [0.05, 0.1) is 0 Å². The fourth-order valence-corrected chi connectivity index (χ4v) is 2.53. The molecule has 0 aliphatic carbocycles. The lowest BCUT2D eigenvalue weighted by atomic mass is 10.0. The van der Waals surface area contributed by atoms with E-state index in [1.165, 1.54) is 5.56 Å². The van der Waals surface area contributed by atoms with Crippen LogP contribution in [0.1, 0.15) is 21.5 Å². The van der Waals surface area contributed by atoms with Crippen molar-refractivity contribution in [2.24, 2.45) is 0 Å². The van der Waals surface area contributed by atoms with E-state index in [0.717, 1.165) is 5.75 Å². The molecule has 0 aromatic heterocycles. The molecule has 0 aliphatic heterocycles. The third-order valence-corrected chi connectivity index (χ3v) is 4.09. The van der Waals surface area contributed by atoms with Crippen LogP contribution in [0.3, 0.4) is 0 Å².